The average Bonchev–Trinajstić information content (AvgIpc) is 3.03. The number of rotatable bonds is 6. The summed E-state index contributed by atoms with van der Waals surface area (Å²) in [6.45, 7) is 15.4. The molecule has 3 aromatic rings. The molecule has 0 saturated heterocycles. The van der Waals surface area contributed by atoms with E-state index in [0.29, 0.717) is 0 Å². The molecule has 0 saturated carbocycles. The van der Waals surface area contributed by atoms with Crippen LogP contribution in [-0.4, -0.2) is 21.3 Å². The number of hydrogen-bond acceptors (Lipinski definition) is 2. The number of allylic oxidation sites excluding steroid dienone is 1. The van der Waals surface area contributed by atoms with Crippen molar-refractivity contribution in [1.29, 1.82) is 0 Å². The Balaban J connectivity index is 1.84. The summed E-state index contributed by atoms with van der Waals surface area (Å²) in [5.41, 5.74) is 3.10. The van der Waals surface area contributed by atoms with Crippen LogP contribution in [0.25, 0.3) is 0 Å². The molecule has 176 valence electrons. The SMILES string of the molecule is C=CC(c1ccc(O[Si](C)(C)C(C)(C)C)cc1)C1(c2ccccc2)C(=O)N(C)c2ccccc21. The second-order valence-corrected chi connectivity index (χ2v) is 15.4. The first-order chi connectivity index (χ1) is 16.0. The van der Waals surface area contributed by atoms with E-state index in [4.69, 9.17) is 4.43 Å². The molecule has 3 aromatic carbocycles. The Morgan fingerprint density at radius 1 is 0.941 bits per heavy atom. The van der Waals surface area contributed by atoms with Crippen LogP contribution in [0.5, 0.6) is 5.75 Å². The van der Waals surface area contributed by atoms with Gasteiger partial charge in [-0.25, -0.2) is 0 Å². The minimum absolute atomic E-state index is 0.0615. The lowest BCUT2D eigenvalue weighted by Crippen LogP contribution is -2.44. The fourth-order valence-corrected chi connectivity index (χ4v) is 5.83. The zero-order chi connectivity index (χ0) is 24.7. The average molecular weight is 470 g/mol. The monoisotopic (exact) mass is 469 g/mol. The van der Waals surface area contributed by atoms with Crippen LogP contribution in [0.3, 0.4) is 0 Å². The summed E-state index contributed by atoms with van der Waals surface area (Å²) in [6, 6.07) is 26.5. The van der Waals surface area contributed by atoms with E-state index in [1.165, 1.54) is 0 Å². The molecule has 0 N–H and O–H groups in total. The van der Waals surface area contributed by atoms with Gasteiger partial charge in [0.25, 0.3) is 0 Å². The van der Waals surface area contributed by atoms with Crippen molar-refractivity contribution in [3.63, 3.8) is 0 Å². The topological polar surface area (TPSA) is 29.5 Å². The molecular formula is C30H35NO2Si. The summed E-state index contributed by atoms with van der Waals surface area (Å²) in [6.07, 6.45) is 1.92. The predicted molar refractivity (Wildman–Crippen MR) is 144 cm³/mol. The van der Waals surface area contributed by atoms with Crippen LogP contribution in [0.15, 0.2) is 91.5 Å². The first-order valence-corrected chi connectivity index (χ1v) is 14.8. The smallest absolute Gasteiger partial charge is 0.250 e. The van der Waals surface area contributed by atoms with Crippen LogP contribution in [-0.2, 0) is 10.2 Å². The number of para-hydroxylation sites is 1. The van der Waals surface area contributed by atoms with Crippen molar-refractivity contribution < 1.29 is 9.22 Å². The fourth-order valence-electron chi connectivity index (χ4n) is 4.80. The molecule has 4 rings (SSSR count). The molecule has 4 heteroatoms. The zero-order valence-electron chi connectivity index (χ0n) is 21.1. The highest BCUT2D eigenvalue weighted by Gasteiger charge is 2.55. The largest absolute Gasteiger partial charge is 0.544 e. The standard InChI is InChI=1S/C30H35NO2Si/c1-8-25(22-18-20-24(21-19-22)33-34(6,7)29(2,3)4)30(23-14-10-9-11-15-23)26-16-12-13-17-27(26)31(5)28(30)32/h8-21,25H,1H2,2-7H3. The Morgan fingerprint density at radius 2 is 1.53 bits per heavy atom. The summed E-state index contributed by atoms with van der Waals surface area (Å²) in [4.78, 5) is 15.9. The van der Waals surface area contributed by atoms with Gasteiger partial charge in [-0.3, -0.25) is 4.79 Å². The van der Waals surface area contributed by atoms with E-state index < -0.39 is 13.7 Å². The third kappa shape index (κ3) is 3.70. The zero-order valence-corrected chi connectivity index (χ0v) is 22.1. The Morgan fingerprint density at radius 3 is 2.12 bits per heavy atom. The van der Waals surface area contributed by atoms with Crippen LogP contribution < -0.4 is 9.33 Å². The third-order valence-electron chi connectivity index (χ3n) is 7.68. The number of likely N-dealkylation sites (N-methyl/N-ethyl adjacent to an activating group) is 1. The van der Waals surface area contributed by atoms with Gasteiger partial charge in [0, 0.05) is 18.7 Å². The van der Waals surface area contributed by atoms with Crippen LogP contribution in [0, 0.1) is 0 Å². The predicted octanol–water partition coefficient (Wildman–Crippen LogP) is 7.30. The van der Waals surface area contributed by atoms with Gasteiger partial charge in [-0.15, -0.1) is 6.58 Å². The normalized spacial score (nSPS) is 19.0. The van der Waals surface area contributed by atoms with E-state index in [-0.39, 0.29) is 16.9 Å². The van der Waals surface area contributed by atoms with Gasteiger partial charge in [0.2, 0.25) is 14.2 Å². The molecule has 0 aliphatic carbocycles. The summed E-state index contributed by atoms with van der Waals surface area (Å²) in [7, 11) is -0.0769. The number of amides is 1. The van der Waals surface area contributed by atoms with Crippen molar-refractivity contribution in [1.82, 2.24) is 0 Å². The quantitative estimate of drug-likeness (QED) is 0.280. The van der Waals surface area contributed by atoms with Crippen molar-refractivity contribution in [2.24, 2.45) is 0 Å². The first kappa shape index (κ1) is 24.0. The molecule has 1 amide bonds. The number of hydrogen-bond donors (Lipinski definition) is 0. The lowest BCUT2D eigenvalue weighted by Gasteiger charge is -2.37. The highest BCUT2D eigenvalue weighted by atomic mass is 28.4. The molecule has 1 aliphatic rings. The van der Waals surface area contributed by atoms with Gasteiger partial charge in [-0.1, -0.05) is 87.5 Å². The Labute approximate surface area is 205 Å². The second-order valence-electron chi connectivity index (χ2n) is 10.7. The molecule has 0 aromatic heterocycles. The number of benzene rings is 3. The molecule has 1 heterocycles. The fraction of sp³-hybridized carbons (Fsp3) is 0.300. The second kappa shape index (κ2) is 8.59. The lowest BCUT2D eigenvalue weighted by atomic mass is 9.64. The van der Waals surface area contributed by atoms with Crippen molar-refractivity contribution >= 4 is 19.9 Å². The van der Waals surface area contributed by atoms with E-state index in [9.17, 15) is 4.79 Å². The molecule has 2 unspecified atom stereocenters. The molecule has 2 atom stereocenters. The Hall–Kier alpha value is -3.11. The number of carbonyl (C=O) groups is 1. The highest BCUT2D eigenvalue weighted by molar-refractivity contribution is 6.74. The number of nitrogens with zero attached hydrogens (tertiary/aromatic N) is 1. The first-order valence-electron chi connectivity index (χ1n) is 11.9. The van der Waals surface area contributed by atoms with Crippen molar-refractivity contribution in [2.45, 2.75) is 50.2 Å². The van der Waals surface area contributed by atoms with Gasteiger partial charge >= 0.3 is 0 Å². The van der Waals surface area contributed by atoms with E-state index in [1.807, 2.05) is 61.7 Å². The van der Waals surface area contributed by atoms with Crippen molar-refractivity contribution in [3.05, 3.63) is 108 Å². The Bertz CT molecular complexity index is 1190. The molecule has 0 radical (unpaired) electrons. The maximum atomic E-state index is 14.1. The van der Waals surface area contributed by atoms with Crippen LogP contribution in [0.4, 0.5) is 5.69 Å². The van der Waals surface area contributed by atoms with E-state index in [1.54, 1.807) is 4.90 Å². The summed E-state index contributed by atoms with van der Waals surface area (Å²) in [5.74, 6) is 0.698. The minimum atomic E-state index is -1.94. The Kier molecular flexibility index (Phi) is 6.07. The van der Waals surface area contributed by atoms with Crippen LogP contribution >= 0.6 is 0 Å². The molecule has 3 nitrogen and oxygen atoms in total. The molecular weight excluding hydrogens is 434 g/mol. The summed E-state index contributed by atoms with van der Waals surface area (Å²) < 4.78 is 6.50. The molecule has 0 fully saturated rings. The third-order valence-corrected chi connectivity index (χ3v) is 12.0. The van der Waals surface area contributed by atoms with E-state index >= 15 is 0 Å². The van der Waals surface area contributed by atoms with Gasteiger partial charge in [-0.05, 0) is 53.0 Å². The maximum Gasteiger partial charge on any atom is 0.250 e. The molecule has 1 aliphatic heterocycles. The van der Waals surface area contributed by atoms with Gasteiger partial charge in [0.05, 0.1) is 0 Å². The van der Waals surface area contributed by atoms with Crippen molar-refractivity contribution in [2.75, 3.05) is 11.9 Å². The summed E-state index contributed by atoms with van der Waals surface area (Å²) >= 11 is 0. The van der Waals surface area contributed by atoms with E-state index in [2.05, 4.69) is 70.8 Å². The van der Waals surface area contributed by atoms with Gasteiger partial charge in [0.15, 0.2) is 0 Å². The maximum absolute atomic E-state index is 14.1. The molecule has 0 spiro atoms. The van der Waals surface area contributed by atoms with Crippen LogP contribution in [0.1, 0.15) is 43.4 Å². The number of carbonyl (C=O) groups excluding carboxylic acids is 1. The van der Waals surface area contributed by atoms with Crippen molar-refractivity contribution in [3.8, 4) is 5.75 Å². The number of anilines is 1. The van der Waals surface area contributed by atoms with Gasteiger partial charge in [0.1, 0.15) is 11.2 Å². The molecule has 34 heavy (non-hydrogen) atoms. The van der Waals surface area contributed by atoms with Crippen LogP contribution in [0.2, 0.25) is 18.1 Å². The molecule has 0 bridgehead atoms. The van der Waals surface area contributed by atoms with Gasteiger partial charge < -0.3 is 9.33 Å². The highest BCUT2D eigenvalue weighted by Crippen LogP contribution is 2.54. The van der Waals surface area contributed by atoms with E-state index in [0.717, 1.165) is 28.1 Å². The minimum Gasteiger partial charge on any atom is -0.544 e. The lowest BCUT2D eigenvalue weighted by molar-refractivity contribution is -0.121. The number of fused-ring (bicyclic) bond motifs is 1. The van der Waals surface area contributed by atoms with Gasteiger partial charge in [-0.2, -0.15) is 0 Å². The summed E-state index contributed by atoms with van der Waals surface area (Å²) in [5, 5.41) is 0.122.